The Hall–Kier alpha value is -1.47. The van der Waals surface area contributed by atoms with Crippen molar-refractivity contribution in [2.75, 3.05) is 26.3 Å². The molecule has 0 fully saturated rings. The van der Waals surface area contributed by atoms with Crippen molar-refractivity contribution in [1.82, 2.24) is 10.6 Å². The lowest BCUT2D eigenvalue weighted by Gasteiger charge is -2.12. The first-order valence-corrected chi connectivity index (χ1v) is 7.28. The van der Waals surface area contributed by atoms with Crippen molar-refractivity contribution in [3.05, 3.63) is 22.2 Å². The molecule has 1 heterocycles. The average molecular weight is 344 g/mol. The predicted molar refractivity (Wildman–Crippen MR) is 79.0 cm³/mol. The average Bonchev–Trinajstić information content (AvgIpc) is 2.63. The van der Waals surface area contributed by atoms with Gasteiger partial charge in [0.2, 0.25) is 0 Å². The van der Waals surface area contributed by atoms with E-state index in [9.17, 15) is 4.79 Å². The van der Waals surface area contributed by atoms with Crippen LogP contribution in [0.3, 0.4) is 0 Å². The Bertz CT molecular complexity index is 482. The lowest BCUT2D eigenvalue weighted by molar-refractivity contribution is 0.249. The molecule has 0 aliphatic carbocycles. The molecule has 20 heavy (non-hydrogen) atoms. The van der Waals surface area contributed by atoms with E-state index in [1.807, 2.05) is 12.1 Å². The van der Waals surface area contributed by atoms with Crippen LogP contribution in [0.5, 0.6) is 11.5 Å². The summed E-state index contributed by atoms with van der Waals surface area (Å²) in [6.07, 6.45) is 0.882. The van der Waals surface area contributed by atoms with Gasteiger partial charge in [-0.3, -0.25) is 0 Å². The molecule has 6 nitrogen and oxygen atoms in total. The van der Waals surface area contributed by atoms with E-state index in [4.69, 9.17) is 15.2 Å². The molecule has 1 aliphatic heterocycles. The highest BCUT2D eigenvalue weighted by Crippen LogP contribution is 2.38. The molecule has 0 saturated heterocycles. The third-order valence-corrected chi connectivity index (χ3v) is 3.38. The smallest absolute Gasteiger partial charge is 0.312 e. The largest absolute Gasteiger partial charge is 0.490 e. The summed E-state index contributed by atoms with van der Waals surface area (Å²) in [7, 11) is 0. The molecule has 110 valence electrons. The van der Waals surface area contributed by atoms with Crippen LogP contribution in [0.15, 0.2) is 16.6 Å². The van der Waals surface area contributed by atoms with Crippen LogP contribution in [0.1, 0.15) is 12.0 Å². The third-order valence-electron chi connectivity index (χ3n) is 2.79. The molecule has 0 radical (unpaired) electrons. The van der Waals surface area contributed by atoms with Gasteiger partial charge in [0.05, 0.1) is 17.7 Å². The van der Waals surface area contributed by atoms with Crippen LogP contribution in [0.2, 0.25) is 0 Å². The van der Waals surface area contributed by atoms with E-state index in [0.29, 0.717) is 32.8 Å². The zero-order chi connectivity index (χ0) is 14.4. The molecule has 0 aromatic heterocycles. The zero-order valence-corrected chi connectivity index (χ0v) is 12.7. The number of ether oxygens (including phenoxy) is 2. The standard InChI is InChI=1S/C13H18BrN3O3/c14-10-6-9(8-16-2-3-17-13(15)18)7-11-12(10)20-5-1-4-19-11/h6-7,16H,1-5,8H2,(H3,15,17,18). The van der Waals surface area contributed by atoms with Crippen LogP contribution in [-0.2, 0) is 6.54 Å². The normalized spacial score (nSPS) is 13.7. The molecule has 0 bridgehead atoms. The fourth-order valence-corrected chi connectivity index (χ4v) is 2.50. The molecule has 0 saturated carbocycles. The molecular weight excluding hydrogens is 326 g/mol. The van der Waals surface area contributed by atoms with Gasteiger partial charge in [-0.25, -0.2) is 4.79 Å². The first-order valence-electron chi connectivity index (χ1n) is 6.49. The molecule has 0 unspecified atom stereocenters. The maximum Gasteiger partial charge on any atom is 0.312 e. The highest BCUT2D eigenvalue weighted by molar-refractivity contribution is 9.10. The molecular formula is C13H18BrN3O3. The molecule has 1 aliphatic rings. The van der Waals surface area contributed by atoms with Crippen molar-refractivity contribution in [1.29, 1.82) is 0 Å². The predicted octanol–water partition coefficient (Wildman–Crippen LogP) is 1.37. The van der Waals surface area contributed by atoms with Gasteiger partial charge in [0.25, 0.3) is 0 Å². The minimum Gasteiger partial charge on any atom is -0.490 e. The number of benzene rings is 1. The fraction of sp³-hybridized carbons (Fsp3) is 0.462. The Balaban J connectivity index is 1.90. The summed E-state index contributed by atoms with van der Waals surface area (Å²) in [4.78, 5) is 10.5. The number of primary amides is 1. The van der Waals surface area contributed by atoms with Crippen molar-refractivity contribution in [2.24, 2.45) is 5.73 Å². The van der Waals surface area contributed by atoms with Gasteiger partial charge in [0.15, 0.2) is 11.5 Å². The highest BCUT2D eigenvalue weighted by atomic mass is 79.9. The molecule has 7 heteroatoms. The molecule has 0 atom stereocenters. The number of fused-ring (bicyclic) bond motifs is 1. The Morgan fingerprint density at radius 1 is 1.30 bits per heavy atom. The number of nitrogens with one attached hydrogen (secondary N) is 2. The Labute approximate surface area is 126 Å². The summed E-state index contributed by atoms with van der Waals surface area (Å²) in [6.45, 7) is 3.16. The van der Waals surface area contributed by atoms with E-state index in [1.165, 1.54) is 0 Å². The first kappa shape index (κ1) is 14.9. The lowest BCUT2D eigenvalue weighted by atomic mass is 10.2. The third kappa shape index (κ3) is 4.28. The molecule has 2 amide bonds. The van der Waals surface area contributed by atoms with E-state index in [2.05, 4.69) is 26.6 Å². The van der Waals surface area contributed by atoms with Crippen molar-refractivity contribution in [2.45, 2.75) is 13.0 Å². The fourth-order valence-electron chi connectivity index (χ4n) is 1.89. The summed E-state index contributed by atoms with van der Waals surface area (Å²) < 4.78 is 12.2. The number of hydrogen-bond acceptors (Lipinski definition) is 4. The first-order chi connectivity index (χ1) is 9.66. The van der Waals surface area contributed by atoms with Crippen LogP contribution >= 0.6 is 15.9 Å². The summed E-state index contributed by atoms with van der Waals surface area (Å²) in [5.74, 6) is 1.53. The van der Waals surface area contributed by atoms with Gasteiger partial charge in [-0.15, -0.1) is 0 Å². The maximum absolute atomic E-state index is 10.5. The minimum absolute atomic E-state index is 0.501. The van der Waals surface area contributed by atoms with Crippen molar-refractivity contribution in [3.63, 3.8) is 0 Å². The van der Waals surface area contributed by atoms with Crippen LogP contribution in [0.25, 0.3) is 0 Å². The van der Waals surface area contributed by atoms with Crippen LogP contribution in [-0.4, -0.2) is 32.3 Å². The number of hydrogen-bond donors (Lipinski definition) is 3. The SMILES string of the molecule is NC(=O)NCCNCc1cc(Br)c2c(c1)OCCCO2. The second kappa shape index (κ2) is 7.35. The Morgan fingerprint density at radius 2 is 2.10 bits per heavy atom. The quantitative estimate of drug-likeness (QED) is 0.705. The van der Waals surface area contributed by atoms with Crippen molar-refractivity contribution < 1.29 is 14.3 Å². The zero-order valence-electron chi connectivity index (χ0n) is 11.1. The summed E-state index contributed by atoms with van der Waals surface area (Å²) >= 11 is 3.50. The van der Waals surface area contributed by atoms with E-state index >= 15 is 0 Å². The molecule has 0 spiro atoms. The van der Waals surface area contributed by atoms with Crippen molar-refractivity contribution in [3.8, 4) is 11.5 Å². The Morgan fingerprint density at radius 3 is 2.90 bits per heavy atom. The van der Waals surface area contributed by atoms with E-state index in [1.54, 1.807) is 0 Å². The number of nitrogens with two attached hydrogens (primary N) is 1. The summed E-state index contributed by atoms with van der Waals surface area (Å²) in [5, 5.41) is 5.74. The second-order valence-electron chi connectivity index (χ2n) is 4.42. The number of rotatable bonds is 5. The van der Waals surface area contributed by atoms with Gasteiger partial charge in [-0.2, -0.15) is 0 Å². The molecule has 2 rings (SSSR count). The lowest BCUT2D eigenvalue weighted by Crippen LogP contribution is -2.35. The monoisotopic (exact) mass is 343 g/mol. The van der Waals surface area contributed by atoms with Crippen LogP contribution in [0, 0.1) is 0 Å². The van der Waals surface area contributed by atoms with Gasteiger partial charge in [0, 0.05) is 26.1 Å². The summed E-state index contributed by atoms with van der Waals surface area (Å²) in [6, 6.07) is 3.47. The topological polar surface area (TPSA) is 85.6 Å². The maximum atomic E-state index is 10.5. The van der Waals surface area contributed by atoms with Crippen LogP contribution in [0.4, 0.5) is 4.79 Å². The highest BCUT2D eigenvalue weighted by Gasteiger charge is 2.14. The van der Waals surface area contributed by atoms with Gasteiger partial charge in [-0.05, 0) is 33.6 Å². The van der Waals surface area contributed by atoms with E-state index in [-0.39, 0.29) is 0 Å². The van der Waals surface area contributed by atoms with Crippen molar-refractivity contribution >= 4 is 22.0 Å². The molecule has 1 aromatic carbocycles. The number of carbonyl (C=O) groups is 1. The van der Waals surface area contributed by atoms with Gasteiger partial charge < -0.3 is 25.8 Å². The number of amides is 2. The second-order valence-corrected chi connectivity index (χ2v) is 5.28. The van der Waals surface area contributed by atoms with Gasteiger partial charge in [-0.1, -0.05) is 0 Å². The number of carbonyl (C=O) groups excluding carboxylic acids is 1. The van der Waals surface area contributed by atoms with Crippen LogP contribution < -0.4 is 25.8 Å². The summed E-state index contributed by atoms with van der Waals surface area (Å²) in [5.41, 5.74) is 6.07. The van der Waals surface area contributed by atoms with Gasteiger partial charge in [0.1, 0.15) is 0 Å². The van der Waals surface area contributed by atoms with E-state index < -0.39 is 6.03 Å². The molecule has 4 N–H and O–H groups in total. The number of urea groups is 1. The minimum atomic E-state index is -0.509. The van der Waals surface area contributed by atoms with E-state index in [0.717, 1.165) is 28.0 Å². The van der Waals surface area contributed by atoms with Gasteiger partial charge >= 0.3 is 6.03 Å². The number of halogens is 1. The Kier molecular flexibility index (Phi) is 5.49. The molecule has 1 aromatic rings.